The van der Waals surface area contributed by atoms with Crippen LogP contribution >= 0.6 is 0 Å². The summed E-state index contributed by atoms with van der Waals surface area (Å²) >= 11 is 0. The molecule has 100 valence electrons. The zero-order valence-electron chi connectivity index (χ0n) is 10.9. The molecule has 0 aliphatic heterocycles. The van der Waals surface area contributed by atoms with Crippen LogP contribution in [0.15, 0.2) is 18.2 Å². The summed E-state index contributed by atoms with van der Waals surface area (Å²) in [5.74, 6) is 0.728. The Morgan fingerprint density at radius 2 is 2.11 bits per heavy atom. The third-order valence-electron chi connectivity index (χ3n) is 2.46. The maximum absolute atomic E-state index is 10.8. The molecule has 0 bridgehead atoms. The minimum atomic E-state index is -0.382. The third kappa shape index (κ3) is 4.33. The van der Waals surface area contributed by atoms with Crippen molar-refractivity contribution in [2.24, 2.45) is 0 Å². The van der Waals surface area contributed by atoms with Gasteiger partial charge in [-0.25, -0.2) is 0 Å². The number of benzene rings is 1. The van der Waals surface area contributed by atoms with Crippen LogP contribution in [-0.4, -0.2) is 18.1 Å². The summed E-state index contributed by atoms with van der Waals surface area (Å²) in [7, 11) is 0. The van der Waals surface area contributed by atoms with Crippen molar-refractivity contribution in [3.8, 4) is 5.75 Å². The lowest BCUT2D eigenvalue weighted by Crippen LogP contribution is -2.15. The SMILES string of the molecule is CCCNCc1cc([N+](=O)[O-])ccc1OCCC. The van der Waals surface area contributed by atoms with Crippen LogP contribution < -0.4 is 10.1 Å². The number of nitrogens with one attached hydrogen (secondary N) is 1. The van der Waals surface area contributed by atoms with Gasteiger partial charge in [-0.2, -0.15) is 0 Å². The largest absolute Gasteiger partial charge is 0.493 e. The molecule has 0 aliphatic carbocycles. The van der Waals surface area contributed by atoms with E-state index in [2.05, 4.69) is 12.2 Å². The Kier molecular flexibility index (Phi) is 6.14. The summed E-state index contributed by atoms with van der Waals surface area (Å²) in [6, 6.07) is 4.73. The average Bonchev–Trinajstić information content (AvgIpc) is 2.37. The van der Waals surface area contributed by atoms with Crippen molar-refractivity contribution in [1.29, 1.82) is 0 Å². The number of rotatable bonds is 8. The van der Waals surface area contributed by atoms with Crippen molar-refractivity contribution in [2.45, 2.75) is 33.2 Å². The molecular formula is C13H20N2O3. The van der Waals surface area contributed by atoms with Crippen molar-refractivity contribution < 1.29 is 9.66 Å². The molecule has 1 aromatic carbocycles. The summed E-state index contributed by atoms with van der Waals surface area (Å²) in [4.78, 5) is 10.4. The second-order valence-electron chi connectivity index (χ2n) is 4.07. The molecule has 5 nitrogen and oxygen atoms in total. The van der Waals surface area contributed by atoms with Crippen molar-refractivity contribution in [3.05, 3.63) is 33.9 Å². The van der Waals surface area contributed by atoms with E-state index in [1.54, 1.807) is 12.1 Å². The highest BCUT2D eigenvalue weighted by Crippen LogP contribution is 2.24. The molecule has 0 aromatic heterocycles. The number of hydrogen-bond donors (Lipinski definition) is 1. The first-order valence-electron chi connectivity index (χ1n) is 6.29. The van der Waals surface area contributed by atoms with Gasteiger partial charge in [0, 0.05) is 24.2 Å². The van der Waals surface area contributed by atoms with Gasteiger partial charge in [0.15, 0.2) is 0 Å². The van der Waals surface area contributed by atoms with Gasteiger partial charge < -0.3 is 10.1 Å². The maximum Gasteiger partial charge on any atom is 0.270 e. The number of nitro groups is 1. The van der Waals surface area contributed by atoms with Crippen LogP contribution in [0.3, 0.4) is 0 Å². The molecule has 0 amide bonds. The van der Waals surface area contributed by atoms with E-state index in [-0.39, 0.29) is 10.6 Å². The van der Waals surface area contributed by atoms with Crippen LogP contribution in [0.5, 0.6) is 5.75 Å². The highest BCUT2D eigenvalue weighted by atomic mass is 16.6. The van der Waals surface area contributed by atoms with E-state index in [0.29, 0.717) is 13.2 Å². The fraction of sp³-hybridized carbons (Fsp3) is 0.538. The van der Waals surface area contributed by atoms with Crippen LogP contribution in [0.25, 0.3) is 0 Å². The first-order valence-corrected chi connectivity index (χ1v) is 6.29. The van der Waals surface area contributed by atoms with Gasteiger partial charge >= 0.3 is 0 Å². The Hall–Kier alpha value is -1.62. The lowest BCUT2D eigenvalue weighted by atomic mass is 10.1. The molecule has 1 rings (SSSR count). The predicted molar refractivity (Wildman–Crippen MR) is 70.9 cm³/mol. The molecule has 0 heterocycles. The summed E-state index contributed by atoms with van der Waals surface area (Å²) in [5, 5.41) is 14.0. The monoisotopic (exact) mass is 252 g/mol. The third-order valence-corrected chi connectivity index (χ3v) is 2.46. The average molecular weight is 252 g/mol. The van der Waals surface area contributed by atoms with Crippen molar-refractivity contribution >= 4 is 5.69 Å². The molecule has 0 spiro atoms. The van der Waals surface area contributed by atoms with Crippen LogP contribution in [0, 0.1) is 10.1 Å². The lowest BCUT2D eigenvalue weighted by Gasteiger charge is -2.11. The van der Waals surface area contributed by atoms with Crippen molar-refractivity contribution in [2.75, 3.05) is 13.2 Å². The Bertz CT molecular complexity index is 394. The van der Waals surface area contributed by atoms with E-state index in [1.165, 1.54) is 6.07 Å². The number of ether oxygens (including phenoxy) is 1. The highest BCUT2D eigenvalue weighted by Gasteiger charge is 2.11. The van der Waals surface area contributed by atoms with E-state index in [4.69, 9.17) is 4.74 Å². The van der Waals surface area contributed by atoms with Gasteiger partial charge in [-0.15, -0.1) is 0 Å². The van der Waals surface area contributed by atoms with Gasteiger partial charge in [-0.1, -0.05) is 13.8 Å². The van der Waals surface area contributed by atoms with E-state index in [0.717, 1.165) is 30.7 Å². The first kappa shape index (κ1) is 14.4. The Morgan fingerprint density at radius 3 is 2.72 bits per heavy atom. The maximum atomic E-state index is 10.8. The minimum absolute atomic E-state index is 0.104. The molecule has 1 aromatic rings. The smallest absolute Gasteiger partial charge is 0.270 e. The van der Waals surface area contributed by atoms with Gasteiger partial charge in [0.1, 0.15) is 5.75 Å². The molecule has 0 saturated heterocycles. The zero-order chi connectivity index (χ0) is 13.4. The van der Waals surface area contributed by atoms with Crippen LogP contribution in [0.4, 0.5) is 5.69 Å². The summed E-state index contributed by atoms with van der Waals surface area (Å²) in [6.45, 7) is 6.21. The Balaban J connectivity index is 2.83. The molecule has 0 radical (unpaired) electrons. The molecule has 5 heteroatoms. The topological polar surface area (TPSA) is 64.4 Å². The molecule has 0 saturated carbocycles. The number of non-ortho nitro benzene ring substituents is 1. The highest BCUT2D eigenvalue weighted by molar-refractivity contribution is 5.43. The molecular weight excluding hydrogens is 232 g/mol. The van der Waals surface area contributed by atoms with Crippen molar-refractivity contribution in [3.63, 3.8) is 0 Å². The number of hydrogen-bond acceptors (Lipinski definition) is 4. The van der Waals surface area contributed by atoms with Crippen LogP contribution in [0.1, 0.15) is 32.3 Å². The van der Waals surface area contributed by atoms with E-state index < -0.39 is 0 Å². The molecule has 1 N–H and O–H groups in total. The zero-order valence-corrected chi connectivity index (χ0v) is 10.9. The Labute approximate surface area is 107 Å². The molecule has 0 unspecified atom stereocenters. The van der Waals surface area contributed by atoms with E-state index in [9.17, 15) is 10.1 Å². The molecule has 0 atom stereocenters. The van der Waals surface area contributed by atoms with Crippen molar-refractivity contribution in [1.82, 2.24) is 5.32 Å². The normalized spacial score (nSPS) is 10.3. The van der Waals surface area contributed by atoms with E-state index >= 15 is 0 Å². The fourth-order valence-corrected chi connectivity index (χ4v) is 1.57. The van der Waals surface area contributed by atoms with Gasteiger partial charge in [0.2, 0.25) is 0 Å². The standard InChI is InChI=1S/C13H20N2O3/c1-3-7-14-10-11-9-12(15(16)17)5-6-13(11)18-8-4-2/h5-6,9,14H,3-4,7-8,10H2,1-2H3. The fourth-order valence-electron chi connectivity index (χ4n) is 1.57. The number of nitro benzene ring substituents is 1. The van der Waals surface area contributed by atoms with Gasteiger partial charge in [-0.05, 0) is 25.5 Å². The lowest BCUT2D eigenvalue weighted by molar-refractivity contribution is -0.384. The number of nitrogens with zero attached hydrogens (tertiary/aromatic N) is 1. The van der Waals surface area contributed by atoms with Gasteiger partial charge in [0.05, 0.1) is 11.5 Å². The van der Waals surface area contributed by atoms with E-state index in [1.807, 2.05) is 6.92 Å². The second kappa shape index (κ2) is 7.66. The molecule has 18 heavy (non-hydrogen) atoms. The van der Waals surface area contributed by atoms with Crippen LogP contribution in [-0.2, 0) is 6.54 Å². The molecule has 0 aliphatic rings. The predicted octanol–water partition coefficient (Wildman–Crippen LogP) is 2.88. The van der Waals surface area contributed by atoms with Gasteiger partial charge in [0.25, 0.3) is 5.69 Å². The van der Waals surface area contributed by atoms with Gasteiger partial charge in [-0.3, -0.25) is 10.1 Å². The summed E-state index contributed by atoms with van der Waals surface area (Å²) < 4.78 is 5.59. The minimum Gasteiger partial charge on any atom is -0.493 e. The quantitative estimate of drug-likeness (QED) is 0.439. The summed E-state index contributed by atoms with van der Waals surface area (Å²) in [6.07, 6.45) is 1.94. The first-order chi connectivity index (χ1) is 8.69. The summed E-state index contributed by atoms with van der Waals surface area (Å²) in [5.41, 5.74) is 0.943. The molecule has 0 fully saturated rings. The van der Waals surface area contributed by atoms with Crippen LogP contribution in [0.2, 0.25) is 0 Å². The Morgan fingerprint density at radius 1 is 1.33 bits per heavy atom. The second-order valence-corrected chi connectivity index (χ2v) is 4.07.